The molecule has 0 spiro atoms. The summed E-state index contributed by atoms with van der Waals surface area (Å²) < 4.78 is 10.8. The number of aryl methyl sites for hydroxylation is 1. The van der Waals surface area contributed by atoms with Crippen molar-refractivity contribution in [2.75, 3.05) is 17.7 Å². The number of thioether (sulfide) groups is 1. The second kappa shape index (κ2) is 8.89. The van der Waals surface area contributed by atoms with Crippen molar-refractivity contribution < 1.29 is 13.9 Å². The highest BCUT2D eigenvalue weighted by molar-refractivity contribution is 7.99. The minimum atomic E-state index is -0.349. The van der Waals surface area contributed by atoms with E-state index in [0.29, 0.717) is 18.1 Å². The summed E-state index contributed by atoms with van der Waals surface area (Å²) in [5, 5.41) is 10.3. The molecule has 2 aromatic carbocycles. The van der Waals surface area contributed by atoms with E-state index in [1.54, 1.807) is 23.9 Å². The smallest absolute Gasteiger partial charge is 0.322 e. The van der Waals surface area contributed by atoms with Crippen molar-refractivity contribution in [2.24, 2.45) is 0 Å². The lowest BCUT2D eigenvalue weighted by molar-refractivity contribution is -0.118. The van der Waals surface area contributed by atoms with Crippen molar-refractivity contribution in [2.45, 2.75) is 11.3 Å². The van der Waals surface area contributed by atoms with Gasteiger partial charge in [-0.2, -0.15) is 0 Å². The molecule has 128 valence electrons. The molecule has 0 radical (unpaired) electrons. The second-order valence-electron chi connectivity index (χ2n) is 5.06. The number of carbonyl (C=O) groups is 1. The Morgan fingerprint density at radius 3 is 2.52 bits per heavy atom. The summed E-state index contributed by atoms with van der Waals surface area (Å²) in [6, 6.07) is 19.3. The van der Waals surface area contributed by atoms with E-state index in [0.717, 1.165) is 5.75 Å². The number of anilines is 1. The van der Waals surface area contributed by atoms with E-state index in [1.807, 2.05) is 36.4 Å². The Kier molecular flexibility index (Phi) is 6.06. The van der Waals surface area contributed by atoms with Crippen molar-refractivity contribution in [3.8, 4) is 5.75 Å². The maximum atomic E-state index is 11.8. The molecule has 0 saturated carbocycles. The van der Waals surface area contributed by atoms with Gasteiger partial charge in [-0.05, 0) is 24.3 Å². The molecule has 0 unspecified atom stereocenters. The minimum Gasteiger partial charge on any atom is -0.484 e. The van der Waals surface area contributed by atoms with E-state index in [1.165, 1.54) is 4.90 Å². The van der Waals surface area contributed by atoms with Crippen LogP contribution in [0.25, 0.3) is 0 Å². The van der Waals surface area contributed by atoms with Gasteiger partial charge in [0, 0.05) is 17.1 Å². The zero-order chi connectivity index (χ0) is 17.3. The predicted molar refractivity (Wildman–Crippen MR) is 95.7 cm³/mol. The highest BCUT2D eigenvalue weighted by atomic mass is 32.2. The summed E-state index contributed by atoms with van der Waals surface area (Å²) in [5.41, 5.74) is 0. The maximum absolute atomic E-state index is 11.8. The first-order valence-electron chi connectivity index (χ1n) is 7.77. The summed E-state index contributed by atoms with van der Waals surface area (Å²) in [6.07, 6.45) is 0.628. The Hall–Kier alpha value is -2.80. The molecular formula is C18H17N3O3S. The largest absolute Gasteiger partial charge is 0.484 e. The zero-order valence-corrected chi connectivity index (χ0v) is 14.2. The molecule has 3 rings (SSSR count). The Morgan fingerprint density at radius 2 is 1.76 bits per heavy atom. The van der Waals surface area contributed by atoms with Gasteiger partial charge in [-0.25, -0.2) is 0 Å². The number of nitrogens with one attached hydrogen (secondary N) is 1. The van der Waals surface area contributed by atoms with Gasteiger partial charge in [0.1, 0.15) is 5.75 Å². The third-order valence-electron chi connectivity index (χ3n) is 3.15. The Balaban J connectivity index is 1.41. The van der Waals surface area contributed by atoms with E-state index < -0.39 is 0 Å². The molecule has 0 atom stereocenters. The fourth-order valence-corrected chi connectivity index (χ4v) is 2.86. The van der Waals surface area contributed by atoms with Crippen molar-refractivity contribution in [1.29, 1.82) is 0 Å². The molecule has 0 aliphatic rings. The number of rotatable bonds is 8. The van der Waals surface area contributed by atoms with Crippen LogP contribution in [0.4, 0.5) is 6.01 Å². The molecule has 1 amide bonds. The number of nitrogens with zero attached hydrogens (tertiary/aromatic N) is 2. The van der Waals surface area contributed by atoms with E-state index in [9.17, 15) is 4.79 Å². The molecular weight excluding hydrogens is 338 g/mol. The van der Waals surface area contributed by atoms with Crippen LogP contribution >= 0.6 is 11.8 Å². The van der Waals surface area contributed by atoms with Gasteiger partial charge in [0.2, 0.25) is 5.89 Å². The van der Waals surface area contributed by atoms with Crippen LogP contribution in [0.1, 0.15) is 5.89 Å². The molecule has 0 bridgehead atoms. The number of amides is 1. The molecule has 0 aliphatic carbocycles. The second-order valence-corrected chi connectivity index (χ2v) is 6.23. The first-order chi connectivity index (χ1) is 12.3. The summed E-state index contributed by atoms with van der Waals surface area (Å²) in [7, 11) is 0. The Bertz CT molecular complexity index is 794. The molecule has 0 aliphatic heterocycles. The standard InChI is InChI=1S/C18H17N3O3S/c22-16(13-23-14-7-3-1-4-8-14)19-18-21-20-17(24-18)11-12-25-15-9-5-2-6-10-15/h1-10H,11-13H2,(H,19,21,22). The third kappa shape index (κ3) is 5.65. The number of ether oxygens (including phenoxy) is 1. The highest BCUT2D eigenvalue weighted by Crippen LogP contribution is 2.18. The van der Waals surface area contributed by atoms with Crippen LogP contribution in [-0.4, -0.2) is 28.5 Å². The number of hydrogen-bond acceptors (Lipinski definition) is 6. The number of hydrogen-bond donors (Lipinski definition) is 1. The van der Waals surface area contributed by atoms with E-state index in [-0.39, 0.29) is 18.5 Å². The normalized spacial score (nSPS) is 10.4. The summed E-state index contributed by atoms with van der Waals surface area (Å²) in [6.45, 7) is -0.119. The van der Waals surface area contributed by atoms with Crippen LogP contribution in [0.3, 0.4) is 0 Å². The third-order valence-corrected chi connectivity index (χ3v) is 4.17. The van der Waals surface area contributed by atoms with Crippen LogP contribution in [0.15, 0.2) is 70.0 Å². The van der Waals surface area contributed by atoms with Gasteiger partial charge in [0.15, 0.2) is 6.61 Å². The fraction of sp³-hybridized carbons (Fsp3) is 0.167. The summed E-state index contributed by atoms with van der Waals surface area (Å²) >= 11 is 1.71. The lowest BCUT2D eigenvalue weighted by Crippen LogP contribution is -2.20. The molecule has 7 heteroatoms. The Morgan fingerprint density at radius 1 is 1.04 bits per heavy atom. The van der Waals surface area contributed by atoms with Gasteiger partial charge >= 0.3 is 6.01 Å². The van der Waals surface area contributed by atoms with Gasteiger partial charge in [0.05, 0.1) is 0 Å². The van der Waals surface area contributed by atoms with Gasteiger partial charge in [-0.15, -0.1) is 16.9 Å². The average molecular weight is 355 g/mol. The molecule has 0 saturated heterocycles. The summed E-state index contributed by atoms with van der Waals surface area (Å²) in [4.78, 5) is 13.0. The van der Waals surface area contributed by atoms with Crippen LogP contribution < -0.4 is 10.1 Å². The molecule has 6 nitrogen and oxygen atoms in total. The van der Waals surface area contributed by atoms with Crippen LogP contribution in [-0.2, 0) is 11.2 Å². The molecule has 3 aromatic rings. The molecule has 25 heavy (non-hydrogen) atoms. The number of benzene rings is 2. The van der Waals surface area contributed by atoms with E-state index >= 15 is 0 Å². The molecule has 1 aromatic heterocycles. The minimum absolute atomic E-state index is 0.0846. The van der Waals surface area contributed by atoms with Crippen molar-refractivity contribution in [3.63, 3.8) is 0 Å². The van der Waals surface area contributed by atoms with Crippen LogP contribution in [0, 0.1) is 0 Å². The molecule has 1 N–H and O–H groups in total. The summed E-state index contributed by atoms with van der Waals surface area (Å²) in [5.74, 6) is 1.58. The van der Waals surface area contributed by atoms with Crippen molar-refractivity contribution >= 4 is 23.7 Å². The van der Waals surface area contributed by atoms with Gasteiger partial charge in [-0.3, -0.25) is 10.1 Å². The quantitative estimate of drug-likeness (QED) is 0.624. The van der Waals surface area contributed by atoms with Gasteiger partial charge < -0.3 is 9.15 Å². The first kappa shape index (κ1) is 17.0. The van der Waals surface area contributed by atoms with Crippen LogP contribution in [0.5, 0.6) is 5.75 Å². The van der Waals surface area contributed by atoms with Crippen LogP contribution in [0.2, 0.25) is 0 Å². The van der Waals surface area contributed by atoms with Crippen molar-refractivity contribution in [3.05, 3.63) is 66.6 Å². The van der Waals surface area contributed by atoms with Gasteiger partial charge in [-0.1, -0.05) is 41.5 Å². The average Bonchev–Trinajstić information content (AvgIpc) is 3.09. The monoisotopic (exact) mass is 355 g/mol. The SMILES string of the molecule is O=C(COc1ccccc1)Nc1nnc(CCSc2ccccc2)o1. The van der Waals surface area contributed by atoms with E-state index in [2.05, 4.69) is 27.6 Å². The zero-order valence-electron chi connectivity index (χ0n) is 13.4. The number of para-hydroxylation sites is 1. The molecule has 0 fully saturated rings. The number of aromatic nitrogens is 2. The van der Waals surface area contributed by atoms with Crippen molar-refractivity contribution in [1.82, 2.24) is 10.2 Å². The topological polar surface area (TPSA) is 77.2 Å². The fourth-order valence-electron chi connectivity index (χ4n) is 2.00. The molecule has 1 heterocycles. The van der Waals surface area contributed by atoms with E-state index in [4.69, 9.17) is 9.15 Å². The maximum Gasteiger partial charge on any atom is 0.322 e. The predicted octanol–water partition coefficient (Wildman–Crippen LogP) is 3.42. The van der Waals surface area contributed by atoms with Gasteiger partial charge in [0.25, 0.3) is 5.91 Å². The Labute approximate surface area is 149 Å². The number of carbonyl (C=O) groups excluding carboxylic acids is 1. The lowest BCUT2D eigenvalue weighted by atomic mass is 10.3. The highest BCUT2D eigenvalue weighted by Gasteiger charge is 2.10. The lowest BCUT2D eigenvalue weighted by Gasteiger charge is -2.04. The first-order valence-corrected chi connectivity index (χ1v) is 8.76.